The van der Waals surface area contributed by atoms with Gasteiger partial charge in [0.2, 0.25) is 0 Å². The maximum atomic E-state index is 12.3. The van der Waals surface area contributed by atoms with Crippen molar-refractivity contribution in [2.45, 2.75) is 6.36 Å². The smallest absolute Gasteiger partial charge is 0.406 e. The molecule has 1 amide bonds. The summed E-state index contributed by atoms with van der Waals surface area (Å²) in [6.45, 7) is 0. The van der Waals surface area contributed by atoms with Crippen LogP contribution in [0, 0.1) is 0 Å². The van der Waals surface area contributed by atoms with Crippen molar-refractivity contribution in [1.29, 1.82) is 0 Å². The highest BCUT2D eigenvalue weighted by Crippen LogP contribution is 2.35. The van der Waals surface area contributed by atoms with E-state index < -0.39 is 12.3 Å². The number of benzene rings is 2. The third-order valence-electron chi connectivity index (χ3n) is 3.09. The summed E-state index contributed by atoms with van der Waals surface area (Å²) in [7, 11) is 0. The second-order valence-electron chi connectivity index (χ2n) is 4.77. The molecule has 1 N–H and O–H groups in total. The summed E-state index contributed by atoms with van der Waals surface area (Å²) in [6, 6.07) is 12.2. The highest BCUT2D eigenvalue weighted by molar-refractivity contribution is 7.21. The molecule has 2 aromatic carbocycles. The van der Waals surface area contributed by atoms with Gasteiger partial charge in [0, 0.05) is 15.8 Å². The molecule has 24 heavy (non-hydrogen) atoms. The number of rotatable bonds is 3. The molecule has 0 aliphatic carbocycles. The minimum atomic E-state index is -4.75. The topological polar surface area (TPSA) is 38.3 Å². The molecular formula is C16H9ClF3NO2S. The van der Waals surface area contributed by atoms with Crippen molar-refractivity contribution < 1.29 is 22.7 Å². The number of hydrogen-bond acceptors (Lipinski definition) is 3. The van der Waals surface area contributed by atoms with E-state index in [1.807, 2.05) is 24.3 Å². The van der Waals surface area contributed by atoms with Crippen molar-refractivity contribution in [1.82, 2.24) is 0 Å². The maximum absolute atomic E-state index is 12.3. The van der Waals surface area contributed by atoms with E-state index in [-0.39, 0.29) is 5.75 Å². The van der Waals surface area contributed by atoms with Crippen LogP contribution < -0.4 is 10.1 Å². The Morgan fingerprint density at radius 1 is 1.08 bits per heavy atom. The van der Waals surface area contributed by atoms with E-state index >= 15 is 0 Å². The van der Waals surface area contributed by atoms with Gasteiger partial charge in [0.1, 0.15) is 10.6 Å². The van der Waals surface area contributed by atoms with Gasteiger partial charge in [-0.2, -0.15) is 0 Å². The van der Waals surface area contributed by atoms with Crippen LogP contribution in [0.25, 0.3) is 10.1 Å². The molecule has 0 saturated carbocycles. The Bertz CT molecular complexity index is 890. The van der Waals surface area contributed by atoms with Crippen molar-refractivity contribution in [2.75, 3.05) is 5.32 Å². The summed E-state index contributed by atoms with van der Waals surface area (Å²) in [4.78, 5) is 12.7. The molecule has 0 aliphatic rings. The molecule has 0 aliphatic heterocycles. The molecule has 0 radical (unpaired) electrons. The summed E-state index contributed by atoms with van der Waals surface area (Å²) in [5, 5.41) is 3.73. The lowest BCUT2D eigenvalue weighted by Crippen LogP contribution is -2.17. The fourth-order valence-corrected chi connectivity index (χ4v) is 3.50. The second-order valence-corrected chi connectivity index (χ2v) is 6.20. The fraction of sp³-hybridized carbons (Fsp3) is 0.0625. The number of amides is 1. The number of carbonyl (C=O) groups excluding carboxylic acids is 1. The van der Waals surface area contributed by atoms with Gasteiger partial charge < -0.3 is 10.1 Å². The predicted octanol–water partition coefficient (Wildman–Crippen LogP) is 5.71. The molecule has 3 rings (SSSR count). The van der Waals surface area contributed by atoms with Crippen molar-refractivity contribution in [3.8, 4) is 5.75 Å². The van der Waals surface area contributed by atoms with E-state index in [1.54, 1.807) is 0 Å². The summed E-state index contributed by atoms with van der Waals surface area (Å²) in [5.74, 6) is -0.786. The molecule has 8 heteroatoms. The first-order valence-electron chi connectivity index (χ1n) is 6.68. The molecule has 1 aromatic heterocycles. The first-order chi connectivity index (χ1) is 11.3. The summed E-state index contributed by atoms with van der Waals surface area (Å²) < 4.78 is 41.0. The Kier molecular flexibility index (Phi) is 4.38. The summed E-state index contributed by atoms with van der Waals surface area (Å²) in [6.07, 6.45) is -4.75. The zero-order valence-electron chi connectivity index (χ0n) is 11.9. The molecule has 0 bridgehead atoms. The average molecular weight is 372 g/mol. The lowest BCUT2D eigenvalue weighted by molar-refractivity contribution is -0.274. The molecule has 3 aromatic rings. The zero-order valence-corrected chi connectivity index (χ0v) is 13.4. The highest BCUT2D eigenvalue weighted by atomic mass is 35.5. The SMILES string of the molecule is O=C(Nc1ccc(OC(F)(F)F)cc1)c1sc2ccccc2c1Cl. The van der Waals surface area contributed by atoms with Gasteiger partial charge in [0.05, 0.1) is 5.02 Å². The van der Waals surface area contributed by atoms with Crippen LogP contribution in [-0.4, -0.2) is 12.3 Å². The number of hydrogen-bond donors (Lipinski definition) is 1. The third kappa shape index (κ3) is 3.63. The monoisotopic (exact) mass is 371 g/mol. The predicted molar refractivity (Wildman–Crippen MR) is 87.9 cm³/mol. The number of thiophene rings is 1. The second kappa shape index (κ2) is 6.33. The number of nitrogens with one attached hydrogen (secondary N) is 1. The van der Waals surface area contributed by atoms with Crippen LogP contribution in [0.3, 0.4) is 0 Å². The highest BCUT2D eigenvalue weighted by Gasteiger charge is 2.31. The molecule has 3 nitrogen and oxygen atoms in total. The van der Waals surface area contributed by atoms with Crippen LogP contribution in [0.5, 0.6) is 5.75 Å². The van der Waals surface area contributed by atoms with Gasteiger partial charge >= 0.3 is 6.36 Å². The zero-order chi connectivity index (χ0) is 17.3. The maximum Gasteiger partial charge on any atom is 0.573 e. The van der Waals surface area contributed by atoms with Crippen LogP contribution in [0.2, 0.25) is 5.02 Å². The quantitative estimate of drug-likeness (QED) is 0.640. The lowest BCUT2D eigenvalue weighted by Gasteiger charge is -2.09. The first kappa shape index (κ1) is 16.6. The minimum absolute atomic E-state index is 0.336. The summed E-state index contributed by atoms with van der Waals surface area (Å²) >= 11 is 7.47. The van der Waals surface area contributed by atoms with Gasteiger partial charge in [-0.1, -0.05) is 29.8 Å². The van der Waals surface area contributed by atoms with Crippen LogP contribution >= 0.6 is 22.9 Å². The van der Waals surface area contributed by atoms with Crippen molar-refractivity contribution in [2.24, 2.45) is 0 Å². The molecule has 124 valence electrons. The Morgan fingerprint density at radius 2 is 1.75 bits per heavy atom. The first-order valence-corrected chi connectivity index (χ1v) is 7.87. The van der Waals surface area contributed by atoms with Gasteiger partial charge in [-0.25, -0.2) is 0 Å². The van der Waals surface area contributed by atoms with E-state index in [0.717, 1.165) is 22.2 Å². The van der Waals surface area contributed by atoms with Crippen molar-refractivity contribution >= 4 is 44.6 Å². The molecule has 0 fully saturated rings. The average Bonchev–Trinajstić information content (AvgIpc) is 2.85. The van der Waals surface area contributed by atoms with Crippen molar-refractivity contribution in [3.63, 3.8) is 0 Å². The lowest BCUT2D eigenvalue weighted by atomic mass is 10.2. The van der Waals surface area contributed by atoms with Crippen LogP contribution in [0.15, 0.2) is 48.5 Å². The van der Waals surface area contributed by atoms with Crippen LogP contribution in [0.4, 0.5) is 18.9 Å². The van der Waals surface area contributed by atoms with E-state index in [1.165, 1.54) is 23.5 Å². The Morgan fingerprint density at radius 3 is 2.38 bits per heavy atom. The largest absolute Gasteiger partial charge is 0.573 e. The summed E-state index contributed by atoms with van der Waals surface area (Å²) in [5.41, 5.74) is 0.336. The van der Waals surface area contributed by atoms with E-state index in [0.29, 0.717) is 15.6 Å². The molecule has 0 spiro atoms. The van der Waals surface area contributed by atoms with Gasteiger partial charge in [-0.05, 0) is 30.3 Å². The normalized spacial score (nSPS) is 11.5. The van der Waals surface area contributed by atoms with E-state index in [2.05, 4.69) is 10.1 Å². The Labute approximate surface area is 143 Å². The molecule has 0 saturated heterocycles. The minimum Gasteiger partial charge on any atom is -0.406 e. The third-order valence-corrected chi connectivity index (χ3v) is 4.76. The van der Waals surface area contributed by atoms with E-state index in [9.17, 15) is 18.0 Å². The molecule has 1 heterocycles. The number of ether oxygens (including phenoxy) is 1. The number of carbonyl (C=O) groups is 1. The molecular weight excluding hydrogens is 363 g/mol. The number of halogens is 4. The fourth-order valence-electron chi connectivity index (χ4n) is 2.09. The Balaban J connectivity index is 1.77. The number of alkyl halides is 3. The van der Waals surface area contributed by atoms with Crippen LogP contribution in [-0.2, 0) is 0 Å². The molecule has 0 atom stereocenters. The number of fused-ring (bicyclic) bond motifs is 1. The van der Waals surface area contributed by atoms with Crippen molar-refractivity contribution in [3.05, 3.63) is 58.4 Å². The van der Waals surface area contributed by atoms with Crippen LogP contribution in [0.1, 0.15) is 9.67 Å². The Hall–Kier alpha value is -2.25. The van der Waals surface area contributed by atoms with Gasteiger partial charge in [-0.15, -0.1) is 24.5 Å². The standard InChI is InChI=1S/C16H9ClF3NO2S/c17-13-11-3-1-2-4-12(11)24-14(13)15(22)21-9-5-7-10(8-6-9)23-16(18,19)20/h1-8H,(H,21,22). The number of anilines is 1. The molecule has 0 unspecified atom stereocenters. The van der Waals surface area contributed by atoms with Gasteiger partial charge in [0.15, 0.2) is 0 Å². The van der Waals surface area contributed by atoms with Gasteiger partial charge in [0.25, 0.3) is 5.91 Å². The van der Waals surface area contributed by atoms with E-state index in [4.69, 9.17) is 11.6 Å². The van der Waals surface area contributed by atoms with Gasteiger partial charge in [-0.3, -0.25) is 4.79 Å².